The molecule has 0 aliphatic heterocycles. The van der Waals surface area contributed by atoms with Gasteiger partial charge in [-0.1, -0.05) is 0 Å². The third-order valence-corrected chi connectivity index (χ3v) is 4.45. The highest BCUT2D eigenvalue weighted by Crippen LogP contribution is 2.26. The Kier molecular flexibility index (Phi) is 2.98. The van der Waals surface area contributed by atoms with E-state index in [0.717, 1.165) is 16.9 Å². The van der Waals surface area contributed by atoms with Gasteiger partial charge in [-0.2, -0.15) is 0 Å². The molecule has 98 valence electrons. The summed E-state index contributed by atoms with van der Waals surface area (Å²) in [6.07, 6.45) is 3.36. The third kappa shape index (κ3) is 2.10. The number of ketones is 1. The summed E-state index contributed by atoms with van der Waals surface area (Å²) in [6.45, 7) is 0. The molecule has 0 bridgehead atoms. The van der Waals surface area contributed by atoms with Crippen LogP contribution < -0.4 is 5.32 Å². The number of hydrogen-bond donors (Lipinski definition) is 1. The summed E-state index contributed by atoms with van der Waals surface area (Å²) in [4.78, 5) is 25.5. The van der Waals surface area contributed by atoms with Crippen molar-refractivity contribution < 1.29 is 9.59 Å². The summed E-state index contributed by atoms with van der Waals surface area (Å²) in [5.41, 5.74) is 1.34. The summed E-state index contributed by atoms with van der Waals surface area (Å²) in [6, 6.07) is 5.01. The van der Waals surface area contributed by atoms with Crippen molar-refractivity contribution in [1.29, 1.82) is 0 Å². The van der Waals surface area contributed by atoms with E-state index in [1.807, 2.05) is 30.8 Å². The van der Waals surface area contributed by atoms with Gasteiger partial charge in [0.15, 0.2) is 5.78 Å². The van der Waals surface area contributed by atoms with Gasteiger partial charge in [0.05, 0.1) is 6.04 Å². The molecule has 1 N–H and O–H groups in total. The van der Waals surface area contributed by atoms with Gasteiger partial charge in [-0.15, -0.1) is 11.3 Å². The van der Waals surface area contributed by atoms with Crippen molar-refractivity contribution in [2.45, 2.75) is 18.9 Å². The van der Waals surface area contributed by atoms with Crippen LogP contribution in [0, 0.1) is 0 Å². The lowest BCUT2D eigenvalue weighted by atomic mass is 9.93. The molecule has 1 aliphatic carbocycles. The number of hydrogen-bond acceptors (Lipinski definition) is 3. The van der Waals surface area contributed by atoms with Gasteiger partial charge in [0.1, 0.15) is 5.69 Å². The highest BCUT2D eigenvalue weighted by molar-refractivity contribution is 7.10. The molecule has 1 atom stereocenters. The molecule has 1 amide bonds. The standard InChI is InChI=1S/C14H14N2O2S/c1-16-7-2-3-11(16)14(18)15-10-4-5-12-9(13(10)17)6-8-19-12/h2-3,6-8,10H,4-5H2,1H3,(H,15,18). The summed E-state index contributed by atoms with van der Waals surface area (Å²) in [5, 5.41) is 4.77. The highest BCUT2D eigenvalue weighted by atomic mass is 32.1. The first kappa shape index (κ1) is 12.2. The Bertz CT molecular complexity index is 641. The van der Waals surface area contributed by atoms with Gasteiger partial charge in [0.2, 0.25) is 0 Å². The largest absolute Gasteiger partial charge is 0.347 e. The molecule has 0 aromatic carbocycles. The van der Waals surface area contributed by atoms with Crippen LogP contribution >= 0.6 is 11.3 Å². The summed E-state index contributed by atoms with van der Waals surface area (Å²) >= 11 is 1.61. The summed E-state index contributed by atoms with van der Waals surface area (Å²) in [5.74, 6) is -0.158. The van der Waals surface area contributed by atoms with E-state index in [1.165, 1.54) is 0 Å². The molecule has 0 radical (unpaired) electrons. The van der Waals surface area contributed by atoms with Crippen molar-refractivity contribution >= 4 is 23.0 Å². The molecule has 2 aromatic rings. The molecule has 0 spiro atoms. The zero-order chi connectivity index (χ0) is 13.4. The Morgan fingerprint density at radius 1 is 1.47 bits per heavy atom. The minimum atomic E-state index is -0.399. The van der Waals surface area contributed by atoms with E-state index in [2.05, 4.69) is 5.32 Å². The van der Waals surface area contributed by atoms with Crippen LogP contribution in [0.2, 0.25) is 0 Å². The molecule has 19 heavy (non-hydrogen) atoms. The second kappa shape index (κ2) is 4.66. The second-order valence-corrected chi connectivity index (χ2v) is 5.69. The Hall–Kier alpha value is -1.88. The molecule has 0 fully saturated rings. The average Bonchev–Trinajstić information content (AvgIpc) is 3.01. The minimum absolute atomic E-state index is 0.0325. The van der Waals surface area contributed by atoms with Gasteiger partial charge in [0, 0.05) is 23.7 Å². The number of nitrogens with zero attached hydrogens (tertiary/aromatic N) is 1. The van der Waals surface area contributed by atoms with E-state index in [1.54, 1.807) is 22.0 Å². The molecule has 4 nitrogen and oxygen atoms in total. The van der Waals surface area contributed by atoms with E-state index in [0.29, 0.717) is 12.1 Å². The number of aromatic nitrogens is 1. The van der Waals surface area contributed by atoms with Crippen molar-refractivity contribution in [3.8, 4) is 0 Å². The predicted octanol–water partition coefficient (Wildman–Crippen LogP) is 2.01. The van der Waals surface area contributed by atoms with Crippen molar-refractivity contribution in [1.82, 2.24) is 9.88 Å². The molecule has 3 rings (SSSR count). The lowest BCUT2D eigenvalue weighted by Crippen LogP contribution is -2.43. The van der Waals surface area contributed by atoms with Crippen LogP contribution in [0.5, 0.6) is 0 Å². The van der Waals surface area contributed by atoms with Gasteiger partial charge in [-0.25, -0.2) is 0 Å². The Balaban J connectivity index is 1.77. The number of fused-ring (bicyclic) bond motifs is 1. The number of Topliss-reactive ketones (excluding diaryl/α,β-unsaturated/α-hetero) is 1. The Labute approximate surface area is 115 Å². The topological polar surface area (TPSA) is 51.1 Å². The van der Waals surface area contributed by atoms with Crippen LogP contribution in [0.15, 0.2) is 29.8 Å². The van der Waals surface area contributed by atoms with Crippen LogP contribution in [0.1, 0.15) is 32.1 Å². The van der Waals surface area contributed by atoms with Crippen molar-refractivity contribution in [3.05, 3.63) is 45.9 Å². The molecule has 5 heteroatoms. The van der Waals surface area contributed by atoms with Crippen LogP contribution in [0.3, 0.4) is 0 Å². The molecule has 2 aromatic heterocycles. The van der Waals surface area contributed by atoms with E-state index < -0.39 is 6.04 Å². The van der Waals surface area contributed by atoms with E-state index >= 15 is 0 Å². The molecular weight excluding hydrogens is 260 g/mol. The SMILES string of the molecule is Cn1cccc1C(=O)NC1CCc2sccc2C1=O. The average molecular weight is 274 g/mol. The Morgan fingerprint density at radius 3 is 3.05 bits per heavy atom. The Morgan fingerprint density at radius 2 is 2.32 bits per heavy atom. The minimum Gasteiger partial charge on any atom is -0.347 e. The second-order valence-electron chi connectivity index (χ2n) is 4.69. The maximum absolute atomic E-state index is 12.3. The smallest absolute Gasteiger partial charge is 0.268 e. The maximum Gasteiger partial charge on any atom is 0.268 e. The fourth-order valence-corrected chi connectivity index (χ4v) is 3.31. The van der Waals surface area contributed by atoms with Crippen molar-refractivity contribution in [2.24, 2.45) is 7.05 Å². The van der Waals surface area contributed by atoms with E-state index in [-0.39, 0.29) is 11.7 Å². The number of carbonyl (C=O) groups excluding carboxylic acids is 2. The van der Waals surface area contributed by atoms with Crippen LogP contribution in [0.4, 0.5) is 0 Å². The molecule has 0 saturated carbocycles. The first-order valence-electron chi connectivity index (χ1n) is 6.19. The number of thiophene rings is 1. The van der Waals surface area contributed by atoms with Gasteiger partial charge in [-0.05, 0) is 36.4 Å². The maximum atomic E-state index is 12.3. The monoisotopic (exact) mass is 274 g/mol. The number of nitrogens with one attached hydrogen (secondary N) is 1. The summed E-state index contributed by atoms with van der Waals surface area (Å²) in [7, 11) is 1.81. The van der Waals surface area contributed by atoms with Crippen LogP contribution in [-0.4, -0.2) is 22.3 Å². The van der Waals surface area contributed by atoms with Gasteiger partial charge < -0.3 is 9.88 Å². The fourth-order valence-electron chi connectivity index (χ4n) is 2.41. The lowest BCUT2D eigenvalue weighted by molar-refractivity contribution is 0.0842. The first-order valence-corrected chi connectivity index (χ1v) is 7.07. The number of amides is 1. The molecule has 0 saturated heterocycles. The molecule has 1 unspecified atom stereocenters. The van der Waals surface area contributed by atoms with Gasteiger partial charge in [0.25, 0.3) is 5.91 Å². The normalized spacial score (nSPS) is 18.2. The summed E-state index contributed by atoms with van der Waals surface area (Å²) < 4.78 is 1.75. The molecular formula is C14H14N2O2S. The number of carbonyl (C=O) groups is 2. The van der Waals surface area contributed by atoms with Crippen LogP contribution in [0.25, 0.3) is 0 Å². The zero-order valence-electron chi connectivity index (χ0n) is 10.6. The van der Waals surface area contributed by atoms with Gasteiger partial charge in [-0.3, -0.25) is 9.59 Å². The van der Waals surface area contributed by atoms with Gasteiger partial charge >= 0.3 is 0 Å². The zero-order valence-corrected chi connectivity index (χ0v) is 11.4. The lowest BCUT2D eigenvalue weighted by Gasteiger charge is -2.22. The predicted molar refractivity (Wildman–Crippen MR) is 73.6 cm³/mol. The van der Waals surface area contributed by atoms with E-state index in [9.17, 15) is 9.59 Å². The highest BCUT2D eigenvalue weighted by Gasteiger charge is 2.29. The number of rotatable bonds is 2. The quantitative estimate of drug-likeness (QED) is 0.910. The fraction of sp³-hybridized carbons (Fsp3) is 0.286. The van der Waals surface area contributed by atoms with Crippen LogP contribution in [-0.2, 0) is 13.5 Å². The van der Waals surface area contributed by atoms with E-state index in [4.69, 9.17) is 0 Å². The third-order valence-electron chi connectivity index (χ3n) is 3.47. The number of aryl methyl sites for hydroxylation is 2. The molecule has 2 heterocycles. The van der Waals surface area contributed by atoms with Crippen molar-refractivity contribution in [2.75, 3.05) is 0 Å². The first-order chi connectivity index (χ1) is 9.16. The van der Waals surface area contributed by atoms with Crippen molar-refractivity contribution in [3.63, 3.8) is 0 Å². The molecule has 1 aliphatic rings.